The molecule has 0 aliphatic heterocycles. The van der Waals surface area contributed by atoms with E-state index in [9.17, 15) is 13.2 Å². The van der Waals surface area contributed by atoms with Gasteiger partial charge >= 0.3 is 0 Å². The molecule has 0 unspecified atom stereocenters. The highest BCUT2D eigenvalue weighted by Gasteiger charge is 2.24. The van der Waals surface area contributed by atoms with Crippen molar-refractivity contribution in [2.75, 3.05) is 18.5 Å². The molecule has 0 saturated carbocycles. The Labute approximate surface area is 197 Å². The van der Waals surface area contributed by atoms with Crippen molar-refractivity contribution in [3.8, 4) is 11.5 Å². The number of nitrogens with zero attached hydrogens (tertiary/aromatic N) is 2. The molecule has 33 heavy (non-hydrogen) atoms. The first-order valence-corrected chi connectivity index (χ1v) is 12.7. The van der Waals surface area contributed by atoms with Gasteiger partial charge in [0.25, 0.3) is 15.9 Å². The molecule has 0 fully saturated rings. The summed E-state index contributed by atoms with van der Waals surface area (Å²) in [6.07, 6.45) is 0. The Morgan fingerprint density at radius 2 is 1.76 bits per heavy atom. The first kappa shape index (κ1) is 24.6. The standard InChI is InChI=1S/C22H26N4O5S2/c1-5-30-18-12-11-16(13-19(18)31-6-2)15(4)26-33(28,29)22-25-24-21(32-22)23-20(27)17-10-8-7-9-14(17)3/h7-13,15,26H,5-6H2,1-4H3,(H,23,24,27)/t15-/m0/s1. The van der Waals surface area contributed by atoms with Crippen molar-refractivity contribution in [2.45, 2.75) is 38.1 Å². The minimum Gasteiger partial charge on any atom is -0.490 e. The van der Waals surface area contributed by atoms with Crippen molar-refractivity contribution in [1.29, 1.82) is 0 Å². The summed E-state index contributed by atoms with van der Waals surface area (Å²) in [5.41, 5.74) is 1.97. The number of carbonyl (C=O) groups is 1. The van der Waals surface area contributed by atoms with Gasteiger partial charge < -0.3 is 9.47 Å². The van der Waals surface area contributed by atoms with Gasteiger partial charge in [0.15, 0.2) is 11.5 Å². The van der Waals surface area contributed by atoms with E-state index in [0.717, 1.165) is 16.9 Å². The highest BCUT2D eigenvalue weighted by Crippen LogP contribution is 2.31. The maximum absolute atomic E-state index is 12.8. The Hall–Kier alpha value is -3.02. The van der Waals surface area contributed by atoms with Gasteiger partial charge in [-0.25, -0.2) is 13.1 Å². The van der Waals surface area contributed by atoms with E-state index in [0.29, 0.717) is 35.8 Å². The van der Waals surface area contributed by atoms with Gasteiger partial charge in [-0.3, -0.25) is 10.1 Å². The van der Waals surface area contributed by atoms with Gasteiger partial charge in [-0.05, 0) is 57.0 Å². The summed E-state index contributed by atoms with van der Waals surface area (Å²) in [5, 5.41) is 10.2. The maximum Gasteiger partial charge on any atom is 0.270 e. The van der Waals surface area contributed by atoms with E-state index < -0.39 is 16.1 Å². The summed E-state index contributed by atoms with van der Waals surface area (Å²) < 4.78 is 39.2. The van der Waals surface area contributed by atoms with E-state index >= 15 is 0 Å². The van der Waals surface area contributed by atoms with E-state index in [1.807, 2.05) is 32.9 Å². The number of aryl methyl sites for hydroxylation is 1. The lowest BCUT2D eigenvalue weighted by Crippen LogP contribution is -2.26. The van der Waals surface area contributed by atoms with Crippen LogP contribution in [-0.2, 0) is 10.0 Å². The Balaban J connectivity index is 1.73. The fraction of sp³-hybridized carbons (Fsp3) is 0.318. The summed E-state index contributed by atoms with van der Waals surface area (Å²) in [5.74, 6) is 0.753. The van der Waals surface area contributed by atoms with Gasteiger partial charge in [0.1, 0.15) is 0 Å². The second-order valence-corrected chi connectivity index (χ2v) is 9.92. The van der Waals surface area contributed by atoms with Crippen LogP contribution in [0.2, 0.25) is 0 Å². The maximum atomic E-state index is 12.8. The molecule has 1 atom stereocenters. The number of benzene rings is 2. The zero-order chi connectivity index (χ0) is 24.0. The van der Waals surface area contributed by atoms with Crippen molar-refractivity contribution in [3.05, 3.63) is 59.2 Å². The molecule has 2 N–H and O–H groups in total. The predicted molar refractivity (Wildman–Crippen MR) is 127 cm³/mol. The molecule has 0 aliphatic rings. The van der Waals surface area contributed by atoms with E-state index in [1.54, 1.807) is 37.3 Å². The van der Waals surface area contributed by atoms with E-state index in [-0.39, 0.29) is 15.4 Å². The molecule has 176 valence electrons. The summed E-state index contributed by atoms with van der Waals surface area (Å²) in [4.78, 5) is 12.5. The van der Waals surface area contributed by atoms with Gasteiger partial charge in [-0.2, -0.15) is 0 Å². The summed E-state index contributed by atoms with van der Waals surface area (Å²) in [6, 6.07) is 11.8. The van der Waals surface area contributed by atoms with Crippen LogP contribution < -0.4 is 19.5 Å². The number of hydrogen-bond donors (Lipinski definition) is 2. The topological polar surface area (TPSA) is 120 Å². The third-order valence-electron chi connectivity index (χ3n) is 4.65. The number of nitrogens with one attached hydrogen (secondary N) is 2. The largest absolute Gasteiger partial charge is 0.490 e. The second kappa shape index (κ2) is 10.7. The number of amides is 1. The van der Waals surface area contributed by atoms with Gasteiger partial charge in [0.2, 0.25) is 9.47 Å². The van der Waals surface area contributed by atoms with Gasteiger partial charge in [0.05, 0.1) is 13.2 Å². The summed E-state index contributed by atoms with van der Waals surface area (Å²) in [6.45, 7) is 8.20. The Morgan fingerprint density at radius 1 is 1.06 bits per heavy atom. The zero-order valence-electron chi connectivity index (χ0n) is 18.8. The number of aromatic nitrogens is 2. The summed E-state index contributed by atoms with van der Waals surface area (Å²) >= 11 is 0.777. The number of hydrogen-bond acceptors (Lipinski definition) is 8. The van der Waals surface area contributed by atoms with Crippen LogP contribution in [-0.4, -0.2) is 37.7 Å². The first-order valence-electron chi connectivity index (χ1n) is 10.4. The Bertz CT molecular complexity index is 1230. The zero-order valence-corrected chi connectivity index (χ0v) is 20.4. The molecule has 1 amide bonds. The van der Waals surface area contributed by atoms with Gasteiger partial charge in [0, 0.05) is 11.6 Å². The fourth-order valence-corrected chi connectivity index (χ4v) is 5.19. The number of ether oxygens (including phenoxy) is 2. The van der Waals surface area contributed by atoms with Crippen molar-refractivity contribution < 1.29 is 22.7 Å². The molecule has 3 aromatic rings. The predicted octanol–water partition coefficient (Wildman–Crippen LogP) is 3.94. The van der Waals surface area contributed by atoms with Crippen LogP contribution >= 0.6 is 11.3 Å². The van der Waals surface area contributed by atoms with Crippen LogP contribution in [0.3, 0.4) is 0 Å². The van der Waals surface area contributed by atoms with Crippen molar-refractivity contribution in [2.24, 2.45) is 0 Å². The molecule has 3 rings (SSSR count). The monoisotopic (exact) mass is 490 g/mol. The number of carbonyl (C=O) groups excluding carboxylic acids is 1. The SMILES string of the molecule is CCOc1ccc([C@H](C)NS(=O)(=O)c2nnc(NC(=O)c3ccccc3C)s2)cc1OCC. The lowest BCUT2D eigenvalue weighted by atomic mass is 10.1. The van der Waals surface area contributed by atoms with Gasteiger partial charge in [-0.15, -0.1) is 10.2 Å². The Kier molecular flexibility index (Phi) is 8.01. The molecule has 11 heteroatoms. The molecule has 0 bridgehead atoms. The normalized spacial score (nSPS) is 12.2. The highest BCUT2D eigenvalue weighted by atomic mass is 32.2. The Morgan fingerprint density at radius 3 is 2.45 bits per heavy atom. The number of anilines is 1. The van der Waals surface area contributed by atoms with E-state index in [2.05, 4.69) is 20.2 Å². The lowest BCUT2D eigenvalue weighted by Gasteiger charge is -2.16. The van der Waals surface area contributed by atoms with E-state index in [1.165, 1.54) is 0 Å². The second-order valence-electron chi connectivity index (χ2n) is 7.06. The van der Waals surface area contributed by atoms with Crippen LogP contribution in [0.5, 0.6) is 11.5 Å². The molecule has 2 aromatic carbocycles. The first-order chi connectivity index (χ1) is 15.7. The molecular formula is C22H26N4O5S2. The van der Waals surface area contributed by atoms with Crippen LogP contribution in [0.1, 0.15) is 48.3 Å². The highest BCUT2D eigenvalue weighted by molar-refractivity contribution is 7.91. The van der Waals surface area contributed by atoms with E-state index in [4.69, 9.17) is 9.47 Å². The minimum absolute atomic E-state index is 0.0935. The average molecular weight is 491 g/mol. The number of sulfonamides is 1. The average Bonchev–Trinajstić information content (AvgIpc) is 3.25. The molecule has 0 spiro atoms. The quantitative estimate of drug-likeness (QED) is 0.413. The van der Waals surface area contributed by atoms with Crippen LogP contribution in [0.15, 0.2) is 46.8 Å². The third kappa shape index (κ3) is 6.06. The van der Waals surface area contributed by atoms with Gasteiger partial charge in [-0.1, -0.05) is 35.6 Å². The molecule has 1 heterocycles. The molecule has 9 nitrogen and oxygen atoms in total. The van der Waals surface area contributed by atoms with Crippen molar-refractivity contribution in [3.63, 3.8) is 0 Å². The smallest absolute Gasteiger partial charge is 0.270 e. The molecule has 1 aromatic heterocycles. The summed E-state index contributed by atoms with van der Waals surface area (Å²) in [7, 11) is -3.97. The molecule has 0 aliphatic carbocycles. The molecular weight excluding hydrogens is 464 g/mol. The number of rotatable bonds is 10. The third-order valence-corrected chi connectivity index (χ3v) is 7.39. The van der Waals surface area contributed by atoms with Crippen LogP contribution in [0.4, 0.5) is 5.13 Å². The minimum atomic E-state index is -3.97. The fourth-order valence-electron chi connectivity index (χ4n) is 3.05. The van der Waals surface area contributed by atoms with Crippen molar-refractivity contribution >= 4 is 32.4 Å². The van der Waals surface area contributed by atoms with Crippen LogP contribution in [0.25, 0.3) is 0 Å². The lowest BCUT2D eigenvalue weighted by molar-refractivity contribution is 0.102. The molecule has 0 saturated heterocycles. The van der Waals surface area contributed by atoms with Crippen molar-refractivity contribution in [1.82, 2.24) is 14.9 Å². The molecule has 0 radical (unpaired) electrons. The van der Waals surface area contributed by atoms with Crippen LogP contribution in [0, 0.1) is 6.92 Å².